The fourth-order valence-corrected chi connectivity index (χ4v) is 0.704. The van der Waals surface area contributed by atoms with Crippen LogP contribution in [0.15, 0.2) is 5.38 Å². The van der Waals surface area contributed by atoms with Gasteiger partial charge in [-0.3, -0.25) is 0 Å². The molecule has 1 aromatic heterocycles. The van der Waals surface area contributed by atoms with Crippen molar-refractivity contribution < 1.29 is 5.11 Å². The molecule has 1 heterocycles. The van der Waals surface area contributed by atoms with Crippen LogP contribution >= 0.6 is 23.7 Å². The van der Waals surface area contributed by atoms with E-state index in [1.807, 2.05) is 0 Å². The van der Waals surface area contributed by atoms with Crippen LogP contribution in [0.25, 0.3) is 0 Å². The van der Waals surface area contributed by atoms with E-state index in [2.05, 4.69) is 4.98 Å². The van der Waals surface area contributed by atoms with Gasteiger partial charge in [0, 0.05) is 0 Å². The van der Waals surface area contributed by atoms with E-state index in [-0.39, 0.29) is 18.3 Å². The van der Waals surface area contributed by atoms with Crippen LogP contribution in [-0.2, 0) is 0 Å². The fraction of sp³-hybridized carbons (Fsp3) is 0. The maximum absolute atomic E-state index is 8.47. The zero-order chi connectivity index (χ0) is 5.28. The van der Waals surface area contributed by atoms with Crippen molar-refractivity contribution in [2.24, 2.45) is 0 Å². The van der Waals surface area contributed by atoms with Gasteiger partial charge in [-0.15, -0.1) is 23.7 Å². The van der Waals surface area contributed by atoms with Crippen LogP contribution < -0.4 is 5.73 Å². The van der Waals surface area contributed by atoms with Crippen molar-refractivity contribution in [3.05, 3.63) is 5.38 Å². The number of nitrogens with two attached hydrogens (primary N) is 1. The summed E-state index contributed by atoms with van der Waals surface area (Å²) in [5.41, 5.74) is 5.13. The molecule has 0 aliphatic carbocycles. The van der Waals surface area contributed by atoms with Crippen LogP contribution in [0.1, 0.15) is 0 Å². The van der Waals surface area contributed by atoms with Gasteiger partial charge in [-0.05, 0) is 0 Å². The molecular formula is C3H5ClN2OS. The first kappa shape index (κ1) is 7.52. The highest BCUT2D eigenvalue weighted by Gasteiger charge is 1.89. The van der Waals surface area contributed by atoms with Gasteiger partial charge in [-0.25, -0.2) is 0 Å². The number of nitrogens with zero attached hydrogens (tertiary/aromatic N) is 1. The van der Waals surface area contributed by atoms with Crippen LogP contribution in [-0.4, -0.2) is 10.1 Å². The molecule has 0 aliphatic heterocycles. The Balaban J connectivity index is 0.000000490. The molecular weight excluding hydrogens is 148 g/mol. The minimum absolute atomic E-state index is 0. The lowest BCUT2D eigenvalue weighted by Crippen LogP contribution is -1.78. The third kappa shape index (κ3) is 1.55. The number of hydrogen-bond donors (Lipinski definition) is 2. The van der Waals surface area contributed by atoms with Gasteiger partial charge in [-0.2, -0.15) is 4.98 Å². The molecule has 5 heteroatoms. The van der Waals surface area contributed by atoms with E-state index < -0.39 is 0 Å². The van der Waals surface area contributed by atoms with Gasteiger partial charge < -0.3 is 10.8 Å². The quantitative estimate of drug-likeness (QED) is 0.580. The van der Waals surface area contributed by atoms with E-state index in [9.17, 15) is 0 Å². The summed E-state index contributed by atoms with van der Waals surface area (Å²) in [7, 11) is 0. The Hall–Kier alpha value is -0.480. The number of anilines is 1. The van der Waals surface area contributed by atoms with Crippen LogP contribution in [0, 0.1) is 0 Å². The topological polar surface area (TPSA) is 59.1 Å². The summed E-state index contributed by atoms with van der Waals surface area (Å²) in [5, 5.41) is 10.4. The van der Waals surface area contributed by atoms with E-state index in [1.165, 1.54) is 16.7 Å². The highest BCUT2D eigenvalue weighted by molar-refractivity contribution is 7.13. The summed E-state index contributed by atoms with van der Waals surface area (Å²) in [6.45, 7) is 0. The predicted octanol–water partition coefficient (Wildman–Crippen LogP) is 0.853. The second-order valence-electron chi connectivity index (χ2n) is 1.04. The molecule has 1 aromatic rings. The summed E-state index contributed by atoms with van der Waals surface area (Å²) in [4.78, 5) is 3.46. The lowest BCUT2D eigenvalue weighted by molar-refractivity contribution is 0.458. The molecule has 46 valence electrons. The molecule has 0 unspecified atom stereocenters. The Bertz CT molecular complexity index is 150. The molecule has 1 rings (SSSR count). The van der Waals surface area contributed by atoms with Crippen molar-refractivity contribution in [1.29, 1.82) is 0 Å². The molecule has 0 fully saturated rings. The summed E-state index contributed by atoms with van der Waals surface area (Å²) < 4.78 is 0. The van der Waals surface area contributed by atoms with Crippen molar-refractivity contribution in [3.8, 4) is 5.88 Å². The number of thiazole rings is 1. The first-order valence-electron chi connectivity index (χ1n) is 1.69. The summed E-state index contributed by atoms with van der Waals surface area (Å²) >= 11 is 1.22. The largest absolute Gasteiger partial charge is 0.493 e. The molecule has 0 bridgehead atoms. The van der Waals surface area contributed by atoms with E-state index in [1.54, 1.807) is 0 Å². The molecule has 3 N–H and O–H groups in total. The Morgan fingerprint density at radius 2 is 2.38 bits per heavy atom. The van der Waals surface area contributed by atoms with Crippen molar-refractivity contribution in [2.75, 3.05) is 5.73 Å². The molecule has 0 saturated carbocycles. The number of nitrogen functional groups attached to an aromatic ring is 1. The number of halogens is 1. The van der Waals surface area contributed by atoms with Crippen molar-refractivity contribution in [3.63, 3.8) is 0 Å². The van der Waals surface area contributed by atoms with E-state index in [0.717, 1.165) is 0 Å². The zero-order valence-electron chi connectivity index (χ0n) is 3.87. The lowest BCUT2D eigenvalue weighted by Gasteiger charge is -1.71. The second kappa shape index (κ2) is 2.74. The van der Waals surface area contributed by atoms with Gasteiger partial charge in [-0.1, -0.05) is 0 Å². The number of aromatic nitrogens is 1. The third-order valence-electron chi connectivity index (χ3n) is 0.510. The normalized spacial score (nSPS) is 8.00. The second-order valence-corrected chi connectivity index (χ2v) is 1.93. The smallest absolute Gasteiger partial charge is 0.223 e. The van der Waals surface area contributed by atoms with E-state index in [0.29, 0.717) is 5.13 Å². The van der Waals surface area contributed by atoms with Crippen molar-refractivity contribution >= 4 is 28.9 Å². The molecule has 3 nitrogen and oxygen atoms in total. The molecule has 0 saturated heterocycles. The van der Waals surface area contributed by atoms with Gasteiger partial charge in [0.25, 0.3) is 0 Å². The summed E-state index contributed by atoms with van der Waals surface area (Å²) in [6, 6.07) is 0. The highest BCUT2D eigenvalue weighted by Crippen LogP contribution is 2.14. The average Bonchev–Trinajstić information content (AvgIpc) is 1.87. The Morgan fingerprint density at radius 3 is 2.50 bits per heavy atom. The Morgan fingerprint density at radius 1 is 1.75 bits per heavy atom. The highest BCUT2D eigenvalue weighted by atomic mass is 35.5. The molecule has 0 radical (unpaired) electrons. The SMILES string of the molecule is Cl.Nc1nc(O)cs1. The van der Waals surface area contributed by atoms with Gasteiger partial charge in [0.05, 0.1) is 5.38 Å². The molecule has 8 heavy (non-hydrogen) atoms. The van der Waals surface area contributed by atoms with Gasteiger partial charge in [0.1, 0.15) is 0 Å². The lowest BCUT2D eigenvalue weighted by atomic mass is 10.9. The molecule has 0 amide bonds. The molecule has 0 spiro atoms. The standard InChI is InChI=1S/C3H4N2OS.ClH/c4-3-5-2(6)1-7-3;/h1,6H,(H2,4,5);1H. The van der Waals surface area contributed by atoms with Gasteiger partial charge >= 0.3 is 0 Å². The number of rotatable bonds is 0. The first-order valence-corrected chi connectivity index (χ1v) is 2.57. The maximum atomic E-state index is 8.47. The van der Waals surface area contributed by atoms with Gasteiger partial charge in [0.15, 0.2) is 5.13 Å². The fourth-order valence-electron chi connectivity index (χ4n) is 0.279. The summed E-state index contributed by atoms with van der Waals surface area (Å²) in [6.07, 6.45) is 0. The molecule has 0 aliphatic rings. The number of aromatic hydroxyl groups is 1. The van der Waals surface area contributed by atoms with E-state index >= 15 is 0 Å². The summed E-state index contributed by atoms with van der Waals surface area (Å²) in [5.74, 6) is 0.00231. The average molecular weight is 153 g/mol. The van der Waals surface area contributed by atoms with E-state index in [4.69, 9.17) is 10.8 Å². The molecule has 0 atom stereocenters. The van der Waals surface area contributed by atoms with Crippen molar-refractivity contribution in [1.82, 2.24) is 4.98 Å². The van der Waals surface area contributed by atoms with Crippen molar-refractivity contribution in [2.45, 2.75) is 0 Å². The Kier molecular flexibility index (Phi) is 2.57. The van der Waals surface area contributed by atoms with Crippen LogP contribution in [0.5, 0.6) is 5.88 Å². The number of hydrogen-bond acceptors (Lipinski definition) is 4. The van der Waals surface area contributed by atoms with Gasteiger partial charge in [0.2, 0.25) is 5.88 Å². The first-order chi connectivity index (χ1) is 3.29. The van der Waals surface area contributed by atoms with Crippen LogP contribution in [0.4, 0.5) is 5.13 Å². The zero-order valence-corrected chi connectivity index (χ0v) is 5.50. The minimum atomic E-state index is 0. The van der Waals surface area contributed by atoms with Crippen LogP contribution in [0.3, 0.4) is 0 Å². The maximum Gasteiger partial charge on any atom is 0.223 e. The molecule has 0 aromatic carbocycles. The minimum Gasteiger partial charge on any atom is -0.493 e. The van der Waals surface area contributed by atoms with Crippen LogP contribution in [0.2, 0.25) is 0 Å². The monoisotopic (exact) mass is 152 g/mol. The third-order valence-corrected chi connectivity index (χ3v) is 1.17. The predicted molar refractivity (Wildman–Crippen MR) is 35.4 cm³/mol. The Labute approximate surface area is 56.6 Å².